The number of unbranched alkanes of at least 4 members (excludes halogenated alkanes) is 14. The summed E-state index contributed by atoms with van der Waals surface area (Å²) in [5.74, 6) is -0.260. The molecular formula is C29H53NO3S. The van der Waals surface area contributed by atoms with Gasteiger partial charge in [-0.3, -0.25) is 0 Å². The molecule has 0 aliphatic carbocycles. The number of benzene rings is 1. The molecule has 34 heavy (non-hydrogen) atoms. The normalized spacial score (nSPS) is 12.3. The van der Waals surface area contributed by atoms with Gasteiger partial charge in [0.05, 0.1) is 10.1 Å². The zero-order chi connectivity index (χ0) is 25.0. The SMILES string of the molecule is CCCCCCCCCCC(CCCCCCCCCC)(CCS(=O)(=O)[O-])[NH2+]c1ccccc1. The van der Waals surface area contributed by atoms with Crippen molar-refractivity contribution in [3.05, 3.63) is 30.3 Å². The summed E-state index contributed by atoms with van der Waals surface area (Å²) in [5, 5.41) is 2.29. The van der Waals surface area contributed by atoms with Gasteiger partial charge < -0.3 is 9.87 Å². The highest BCUT2D eigenvalue weighted by Gasteiger charge is 2.34. The van der Waals surface area contributed by atoms with Crippen LogP contribution in [-0.2, 0) is 10.1 Å². The van der Waals surface area contributed by atoms with Crippen molar-refractivity contribution in [2.75, 3.05) is 5.75 Å². The summed E-state index contributed by atoms with van der Waals surface area (Å²) in [5.41, 5.74) is 0.938. The lowest BCUT2D eigenvalue weighted by Crippen LogP contribution is -2.92. The van der Waals surface area contributed by atoms with Gasteiger partial charge in [-0.25, -0.2) is 8.42 Å². The minimum absolute atomic E-state index is 0.205. The smallest absolute Gasteiger partial charge is 0.129 e. The zero-order valence-electron chi connectivity index (χ0n) is 22.2. The van der Waals surface area contributed by atoms with E-state index in [-0.39, 0.29) is 11.3 Å². The molecule has 4 nitrogen and oxygen atoms in total. The molecule has 2 N–H and O–H groups in total. The topological polar surface area (TPSA) is 73.8 Å². The van der Waals surface area contributed by atoms with E-state index >= 15 is 0 Å². The molecule has 0 unspecified atom stereocenters. The average Bonchev–Trinajstić information content (AvgIpc) is 2.81. The van der Waals surface area contributed by atoms with E-state index in [9.17, 15) is 13.0 Å². The van der Waals surface area contributed by atoms with Crippen molar-refractivity contribution < 1.29 is 18.3 Å². The fourth-order valence-electron chi connectivity index (χ4n) is 5.04. The third-order valence-electron chi connectivity index (χ3n) is 7.18. The first kappa shape index (κ1) is 31.1. The van der Waals surface area contributed by atoms with E-state index in [1.165, 1.54) is 89.9 Å². The summed E-state index contributed by atoms with van der Waals surface area (Å²) in [4.78, 5) is 0. The summed E-state index contributed by atoms with van der Waals surface area (Å²) < 4.78 is 34.7. The van der Waals surface area contributed by atoms with E-state index in [2.05, 4.69) is 31.3 Å². The molecule has 0 saturated carbocycles. The van der Waals surface area contributed by atoms with Crippen molar-refractivity contribution >= 4 is 15.8 Å². The number of hydrogen-bond acceptors (Lipinski definition) is 3. The molecule has 0 saturated heterocycles. The van der Waals surface area contributed by atoms with Crippen LogP contribution in [0.15, 0.2) is 30.3 Å². The second kappa shape index (κ2) is 19.3. The van der Waals surface area contributed by atoms with Gasteiger partial charge in [-0.2, -0.15) is 0 Å². The first-order valence-corrected chi connectivity index (χ1v) is 15.8. The van der Waals surface area contributed by atoms with Crippen LogP contribution in [-0.4, -0.2) is 24.3 Å². The molecule has 0 bridgehead atoms. The van der Waals surface area contributed by atoms with E-state index in [1.807, 2.05) is 18.2 Å². The van der Waals surface area contributed by atoms with Crippen LogP contribution < -0.4 is 5.32 Å². The van der Waals surface area contributed by atoms with Crippen LogP contribution in [0.25, 0.3) is 0 Å². The Bertz CT molecular complexity index is 671. The third-order valence-corrected chi connectivity index (χ3v) is 7.88. The Labute approximate surface area is 211 Å². The van der Waals surface area contributed by atoms with Crippen LogP contribution in [0, 0.1) is 0 Å². The predicted octanol–water partition coefficient (Wildman–Crippen LogP) is 7.62. The maximum Gasteiger partial charge on any atom is 0.129 e. The molecule has 0 fully saturated rings. The fraction of sp³-hybridized carbons (Fsp3) is 0.793. The highest BCUT2D eigenvalue weighted by molar-refractivity contribution is 7.85. The van der Waals surface area contributed by atoms with Crippen LogP contribution in [0.1, 0.15) is 136 Å². The van der Waals surface area contributed by atoms with Crippen molar-refractivity contribution in [1.29, 1.82) is 0 Å². The molecule has 0 radical (unpaired) electrons. The third kappa shape index (κ3) is 16.7. The number of hydrogen-bond donors (Lipinski definition) is 1. The second-order valence-electron chi connectivity index (χ2n) is 10.4. The number of nitrogens with two attached hydrogens (primary N) is 1. The molecule has 1 aromatic carbocycles. The molecule has 1 aromatic rings. The Morgan fingerprint density at radius 2 is 1.06 bits per heavy atom. The lowest BCUT2D eigenvalue weighted by atomic mass is 9.83. The monoisotopic (exact) mass is 495 g/mol. The van der Waals surface area contributed by atoms with E-state index < -0.39 is 10.1 Å². The van der Waals surface area contributed by atoms with Crippen molar-refractivity contribution in [2.24, 2.45) is 0 Å². The average molecular weight is 496 g/mol. The lowest BCUT2D eigenvalue weighted by molar-refractivity contribution is -0.658. The van der Waals surface area contributed by atoms with Crippen molar-refractivity contribution in [2.45, 2.75) is 141 Å². The zero-order valence-corrected chi connectivity index (χ0v) is 23.1. The van der Waals surface area contributed by atoms with Gasteiger partial charge in [0.15, 0.2) is 0 Å². The first-order valence-electron chi connectivity index (χ1n) is 14.3. The maximum atomic E-state index is 11.6. The number of quaternary nitrogens is 1. The van der Waals surface area contributed by atoms with Crippen LogP contribution in [0.2, 0.25) is 0 Å². The minimum Gasteiger partial charge on any atom is -0.748 e. The highest BCUT2D eigenvalue weighted by atomic mass is 32.2. The molecule has 5 heteroatoms. The van der Waals surface area contributed by atoms with Crippen LogP contribution >= 0.6 is 0 Å². The molecule has 0 aromatic heterocycles. The molecule has 198 valence electrons. The first-order chi connectivity index (χ1) is 16.4. The molecule has 0 spiro atoms. The molecule has 0 aliphatic rings. The van der Waals surface area contributed by atoms with Gasteiger partial charge in [0, 0.05) is 25.0 Å². The van der Waals surface area contributed by atoms with Gasteiger partial charge in [0.25, 0.3) is 0 Å². The van der Waals surface area contributed by atoms with E-state index in [4.69, 9.17) is 0 Å². The highest BCUT2D eigenvalue weighted by Crippen LogP contribution is 2.26. The Kier molecular flexibility index (Phi) is 17.7. The number of para-hydroxylation sites is 1. The summed E-state index contributed by atoms with van der Waals surface area (Å²) >= 11 is 0. The Morgan fingerprint density at radius 3 is 1.47 bits per heavy atom. The Balaban J connectivity index is 2.69. The quantitative estimate of drug-likeness (QED) is 0.0964. The van der Waals surface area contributed by atoms with Gasteiger partial charge in [-0.1, -0.05) is 122 Å². The van der Waals surface area contributed by atoms with Gasteiger partial charge in [-0.15, -0.1) is 0 Å². The van der Waals surface area contributed by atoms with Crippen LogP contribution in [0.3, 0.4) is 0 Å². The molecule has 0 atom stereocenters. The second-order valence-corrected chi connectivity index (χ2v) is 11.9. The summed E-state index contributed by atoms with van der Waals surface area (Å²) in [6.07, 6.45) is 22.6. The molecular weight excluding hydrogens is 442 g/mol. The van der Waals surface area contributed by atoms with Crippen LogP contribution in [0.5, 0.6) is 0 Å². The fourth-order valence-corrected chi connectivity index (χ4v) is 5.70. The minimum atomic E-state index is -4.22. The lowest BCUT2D eigenvalue weighted by Gasteiger charge is -2.32. The number of rotatable bonds is 23. The Hall–Kier alpha value is -0.910. The van der Waals surface area contributed by atoms with Gasteiger partial charge >= 0.3 is 0 Å². The molecule has 0 aliphatic heterocycles. The summed E-state index contributed by atoms with van der Waals surface area (Å²) in [7, 11) is -4.22. The summed E-state index contributed by atoms with van der Waals surface area (Å²) in [6, 6.07) is 10.3. The Morgan fingerprint density at radius 1 is 0.647 bits per heavy atom. The van der Waals surface area contributed by atoms with E-state index in [0.717, 1.165) is 31.4 Å². The molecule has 0 heterocycles. The molecule has 0 amide bonds. The van der Waals surface area contributed by atoms with Gasteiger partial charge in [-0.05, 0) is 25.0 Å². The van der Waals surface area contributed by atoms with Crippen molar-refractivity contribution in [3.63, 3.8) is 0 Å². The van der Waals surface area contributed by atoms with E-state index in [1.54, 1.807) is 0 Å². The standard InChI is InChI=1S/C29H53NO3S/c1-3-5-7-9-11-13-15-20-24-29(26-27-34(31,32)33,30-28-22-18-17-19-23-28)25-21-16-14-12-10-8-6-4-2/h17-19,22-23,30H,3-16,20-21,24-27H2,1-2H3,(H,31,32,33). The predicted molar refractivity (Wildman–Crippen MR) is 144 cm³/mol. The van der Waals surface area contributed by atoms with Gasteiger partial charge in [0.1, 0.15) is 11.2 Å². The molecule has 1 rings (SSSR count). The van der Waals surface area contributed by atoms with Crippen LogP contribution in [0.4, 0.5) is 5.69 Å². The maximum absolute atomic E-state index is 11.6. The largest absolute Gasteiger partial charge is 0.748 e. The van der Waals surface area contributed by atoms with E-state index in [0.29, 0.717) is 6.42 Å². The van der Waals surface area contributed by atoms with Gasteiger partial charge in [0.2, 0.25) is 0 Å². The van der Waals surface area contributed by atoms with Crippen molar-refractivity contribution in [1.82, 2.24) is 0 Å². The van der Waals surface area contributed by atoms with Crippen molar-refractivity contribution in [3.8, 4) is 0 Å². The summed E-state index contributed by atoms with van der Waals surface area (Å²) in [6.45, 7) is 4.49.